The molecule has 0 aliphatic heterocycles. The average Bonchev–Trinajstić information content (AvgIpc) is 2.21. The molecule has 0 saturated heterocycles. The van der Waals surface area contributed by atoms with Crippen LogP contribution in [-0.2, 0) is 0 Å². The number of nitrogens with one attached hydrogen (secondary N) is 1. The summed E-state index contributed by atoms with van der Waals surface area (Å²) in [4.78, 5) is 11.6. The quantitative estimate of drug-likeness (QED) is 0.842. The molecule has 2 nitrogen and oxygen atoms in total. The van der Waals surface area contributed by atoms with Crippen LogP contribution in [0.2, 0.25) is 0 Å². The Kier molecular flexibility index (Phi) is 4.03. The number of amides is 1. The minimum absolute atomic E-state index is 0.146. The van der Waals surface area contributed by atoms with E-state index >= 15 is 0 Å². The highest BCUT2D eigenvalue weighted by Gasteiger charge is 2.13. The summed E-state index contributed by atoms with van der Waals surface area (Å²) >= 11 is 3.03. The van der Waals surface area contributed by atoms with Gasteiger partial charge in [-0.25, -0.2) is 4.39 Å². The zero-order chi connectivity index (χ0) is 11.4. The fourth-order valence-electron chi connectivity index (χ4n) is 1.02. The summed E-state index contributed by atoms with van der Waals surface area (Å²) in [5.74, 6) is -0.775. The first kappa shape index (κ1) is 11.9. The van der Waals surface area contributed by atoms with Gasteiger partial charge in [-0.15, -0.1) is 6.58 Å². The van der Waals surface area contributed by atoms with E-state index in [2.05, 4.69) is 27.8 Å². The van der Waals surface area contributed by atoms with E-state index in [-0.39, 0.29) is 22.0 Å². The van der Waals surface area contributed by atoms with Crippen molar-refractivity contribution in [2.75, 3.05) is 0 Å². The molecule has 0 aromatic heterocycles. The predicted molar refractivity (Wildman–Crippen MR) is 61.2 cm³/mol. The number of rotatable bonds is 3. The van der Waals surface area contributed by atoms with E-state index in [4.69, 9.17) is 0 Å². The maximum atomic E-state index is 13.1. The van der Waals surface area contributed by atoms with Crippen molar-refractivity contribution >= 4 is 21.8 Å². The van der Waals surface area contributed by atoms with Crippen LogP contribution >= 0.6 is 15.9 Å². The third-order valence-electron chi connectivity index (χ3n) is 1.91. The van der Waals surface area contributed by atoms with E-state index in [1.807, 2.05) is 0 Å². The summed E-state index contributed by atoms with van der Waals surface area (Å²) in [6.45, 7) is 5.34. The van der Waals surface area contributed by atoms with E-state index in [9.17, 15) is 9.18 Å². The first-order chi connectivity index (χ1) is 7.06. The lowest BCUT2D eigenvalue weighted by molar-refractivity contribution is 0.0945. The molecule has 0 bridgehead atoms. The SMILES string of the molecule is C=CC(C)NC(=O)c1cccc(F)c1Br. The summed E-state index contributed by atoms with van der Waals surface area (Å²) in [5.41, 5.74) is 0.281. The van der Waals surface area contributed by atoms with E-state index in [0.717, 1.165) is 0 Å². The minimum atomic E-state index is -0.450. The summed E-state index contributed by atoms with van der Waals surface area (Å²) in [6.07, 6.45) is 1.60. The van der Waals surface area contributed by atoms with Crippen molar-refractivity contribution in [2.24, 2.45) is 0 Å². The number of hydrogen-bond acceptors (Lipinski definition) is 1. The molecule has 0 heterocycles. The summed E-state index contributed by atoms with van der Waals surface area (Å²) in [7, 11) is 0. The van der Waals surface area contributed by atoms with Crippen LogP contribution in [0.25, 0.3) is 0 Å². The van der Waals surface area contributed by atoms with Crippen LogP contribution < -0.4 is 5.32 Å². The standard InChI is InChI=1S/C11H11BrFNO/c1-3-7(2)14-11(15)8-5-4-6-9(13)10(8)12/h3-7H,1H2,2H3,(H,14,15). The first-order valence-corrected chi connectivity index (χ1v) is 5.23. The molecular weight excluding hydrogens is 261 g/mol. The molecule has 0 aliphatic rings. The highest BCUT2D eigenvalue weighted by atomic mass is 79.9. The number of benzene rings is 1. The van der Waals surface area contributed by atoms with Crippen LogP contribution in [0.1, 0.15) is 17.3 Å². The van der Waals surface area contributed by atoms with Gasteiger partial charge in [0, 0.05) is 6.04 Å². The maximum absolute atomic E-state index is 13.1. The van der Waals surface area contributed by atoms with Gasteiger partial charge in [0.05, 0.1) is 10.0 Å². The molecule has 1 atom stereocenters. The van der Waals surface area contributed by atoms with Crippen molar-refractivity contribution in [1.82, 2.24) is 5.32 Å². The highest BCUT2D eigenvalue weighted by molar-refractivity contribution is 9.10. The number of halogens is 2. The fraction of sp³-hybridized carbons (Fsp3) is 0.182. The van der Waals surface area contributed by atoms with Gasteiger partial charge in [-0.2, -0.15) is 0 Å². The Labute approximate surface area is 96.3 Å². The van der Waals surface area contributed by atoms with E-state index in [1.54, 1.807) is 19.1 Å². The molecule has 15 heavy (non-hydrogen) atoms. The van der Waals surface area contributed by atoms with Crippen LogP contribution in [0.15, 0.2) is 35.3 Å². The minimum Gasteiger partial charge on any atom is -0.346 e. The van der Waals surface area contributed by atoms with Crippen molar-refractivity contribution in [2.45, 2.75) is 13.0 Å². The van der Waals surface area contributed by atoms with Gasteiger partial charge >= 0.3 is 0 Å². The lowest BCUT2D eigenvalue weighted by Gasteiger charge is -2.10. The molecule has 4 heteroatoms. The number of carbonyl (C=O) groups excluding carboxylic acids is 1. The van der Waals surface area contributed by atoms with Crippen LogP contribution in [-0.4, -0.2) is 11.9 Å². The molecule has 0 fully saturated rings. The molecule has 1 unspecified atom stereocenters. The summed E-state index contributed by atoms with van der Waals surface area (Å²) in [5, 5.41) is 2.66. The third-order valence-corrected chi connectivity index (χ3v) is 2.71. The molecule has 0 radical (unpaired) electrons. The predicted octanol–water partition coefficient (Wildman–Crippen LogP) is 2.89. The van der Waals surface area contributed by atoms with Gasteiger partial charge in [-0.05, 0) is 35.0 Å². The lowest BCUT2D eigenvalue weighted by Crippen LogP contribution is -2.31. The molecule has 80 valence electrons. The second-order valence-corrected chi connectivity index (χ2v) is 3.89. The van der Waals surface area contributed by atoms with Crippen LogP contribution in [0.5, 0.6) is 0 Å². The Morgan fingerprint density at radius 2 is 2.33 bits per heavy atom. The first-order valence-electron chi connectivity index (χ1n) is 4.43. The normalized spacial score (nSPS) is 11.9. The fourth-order valence-corrected chi connectivity index (χ4v) is 1.47. The van der Waals surface area contributed by atoms with Gasteiger partial charge in [0.1, 0.15) is 5.82 Å². The smallest absolute Gasteiger partial charge is 0.252 e. The van der Waals surface area contributed by atoms with E-state index < -0.39 is 5.82 Å². The Morgan fingerprint density at radius 1 is 1.67 bits per heavy atom. The van der Waals surface area contributed by atoms with E-state index in [0.29, 0.717) is 0 Å². The molecule has 1 aromatic carbocycles. The Bertz CT molecular complexity index is 392. The van der Waals surface area contributed by atoms with Gasteiger partial charge in [-0.1, -0.05) is 12.1 Å². The van der Waals surface area contributed by atoms with Crippen LogP contribution in [0.3, 0.4) is 0 Å². The van der Waals surface area contributed by atoms with Crippen molar-refractivity contribution < 1.29 is 9.18 Å². The molecule has 1 amide bonds. The Morgan fingerprint density at radius 3 is 2.93 bits per heavy atom. The highest BCUT2D eigenvalue weighted by Crippen LogP contribution is 2.20. The van der Waals surface area contributed by atoms with Crippen molar-refractivity contribution in [1.29, 1.82) is 0 Å². The lowest BCUT2D eigenvalue weighted by atomic mass is 10.2. The maximum Gasteiger partial charge on any atom is 0.252 e. The Balaban J connectivity index is 2.91. The van der Waals surface area contributed by atoms with Gasteiger partial charge in [0.2, 0.25) is 0 Å². The molecule has 1 N–H and O–H groups in total. The molecule has 0 spiro atoms. The average molecular weight is 272 g/mol. The molecule has 0 saturated carbocycles. The van der Waals surface area contributed by atoms with Gasteiger partial charge < -0.3 is 5.32 Å². The second-order valence-electron chi connectivity index (χ2n) is 3.10. The topological polar surface area (TPSA) is 29.1 Å². The largest absolute Gasteiger partial charge is 0.346 e. The summed E-state index contributed by atoms with van der Waals surface area (Å²) in [6, 6.07) is 4.19. The number of hydrogen-bond donors (Lipinski definition) is 1. The Hall–Kier alpha value is -1.16. The van der Waals surface area contributed by atoms with Crippen molar-refractivity contribution in [3.8, 4) is 0 Å². The van der Waals surface area contributed by atoms with E-state index in [1.165, 1.54) is 12.1 Å². The van der Waals surface area contributed by atoms with Gasteiger partial charge in [0.25, 0.3) is 5.91 Å². The monoisotopic (exact) mass is 271 g/mol. The third kappa shape index (κ3) is 2.89. The second kappa shape index (κ2) is 5.07. The van der Waals surface area contributed by atoms with Crippen LogP contribution in [0.4, 0.5) is 4.39 Å². The summed E-state index contributed by atoms with van der Waals surface area (Å²) < 4.78 is 13.3. The number of carbonyl (C=O) groups is 1. The molecular formula is C11H11BrFNO. The molecule has 1 aromatic rings. The molecule has 1 rings (SSSR count). The van der Waals surface area contributed by atoms with Gasteiger partial charge in [-0.3, -0.25) is 4.79 Å². The van der Waals surface area contributed by atoms with Crippen molar-refractivity contribution in [3.05, 3.63) is 46.7 Å². The van der Waals surface area contributed by atoms with Crippen LogP contribution in [0, 0.1) is 5.82 Å². The zero-order valence-corrected chi connectivity index (χ0v) is 9.84. The zero-order valence-electron chi connectivity index (χ0n) is 8.26. The molecule has 0 aliphatic carbocycles. The van der Waals surface area contributed by atoms with Gasteiger partial charge in [0.15, 0.2) is 0 Å². The van der Waals surface area contributed by atoms with Crippen molar-refractivity contribution in [3.63, 3.8) is 0 Å².